The van der Waals surface area contributed by atoms with E-state index < -0.39 is 28.5 Å². The van der Waals surface area contributed by atoms with Gasteiger partial charge in [0.1, 0.15) is 12.6 Å². The van der Waals surface area contributed by atoms with Crippen LogP contribution >= 0.6 is 22.6 Å². The number of hydrogen-bond acceptors (Lipinski definition) is 4. The van der Waals surface area contributed by atoms with E-state index in [2.05, 4.69) is 27.9 Å². The minimum atomic E-state index is -4.06. The Labute approximate surface area is 257 Å². The van der Waals surface area contributed by atoms with Crippen molar-refractivity contribution in [3.05, 3.63) is 94.1 Å². The van der Waals surface area contributed by atoms with Gasteiger partial charge in [-0.3, -0.25) is 13.9 Å². The monoisotopic (exact) mass is 687 g/mol. The van der Waals surface area contributed by atoms with Gasteiger partial charge in [-0.2, -0.15) is 0 Å². The van der Waals surface area contributed by atoms with E-state index in [1.54, 1.807) is 35.2 Å². The summed E-state index contributed by atoms with van der Waals surface area (Å²) in [5.41, 5.74) is 1.43. The van der Waals surface area contributed by atoms with Crippen LogP contribution in [0.1, 0.15) is 51.0 Å². The van der Waals surface area contributed by atoms with Crippen molar-refractivity contribution >= 4 is 50.1 Å². The van der Waals surface area contributed by atoms with Crippen LogP contribution in [0.4, 0.5) is 5.69 Å². The van der Waals surface area contributed by atoms with Crippen LogP contribution in [0.2, 0.25) is 0 Å². The van der Waals surface area contributed by atoms with E-state index in [0.29, 0.717) is 25.1 Å². The van der Waals surface area contributed by atoms with Crippen molar-refractivity contribution in [1.29, 1.82) is 0 Å². The van der Waals surface area contributed by atoms with Crippen LogP contribution in [0.5, 0.6) is 0 Å². The zero-order valence-electron chi connectivity index (χ0n) is 23.4. The molecular weight excluding hydrogens is 649 g/mol. The summed E-state index contributed by atoms with van der Waals surface area (Å²) in [6, 6.07) is 24.4. The number of rotatable bonds is 12. The Kier molecular flexibility index (Phi) is 11.2. The number of anilines is 1. The molecule has 0 spiro atoms. The smallest absolute Gasteiger partial charge is 0.264 e. The van der Waals surface area contributed by atoms with Crippen molar-refractivity contribution in [1.82, 2.24) is 10.2 Å². The lowest BCUT2D eigenvalue weighted by Crippen LogP contribution is -2.54. The zero-order valence-corrected chi connectivity index (χ0v) is 26.4. The van der Waals surface area contributed by atoms with Crippen LogP contribution < -0.4 is 9.62 Å². The van der Waals surface area contributed by atoms with E-state index >= 15 is 0 Å². The maximum Gasteiger partial charge on any atom is 0.264 e. The van der Waals surface area contributed by atoms with Crippen LogP contribution in [-0.2, 0) is 26.0 Å². The molecule has 9 heteroatoms. The maximum absolute atomic E-state index is 14.1. The van der Waals surface area contributed by atoms with Gasteiger partial charge in [-0.25, -0.2) is 8.42 Å². The lowest BCUT2D eigenvalue weighted by Gasteiger charge is -2.34. The summed E-state index contributed by atoms with van der Waals surface area (Å²) in [5.74, 6) is -0.586. The molecule has 2 amide bonds. The third-order valence-electron chi connectivity index (χ3n) is 7.55. The van der Waals surface area contributed by atoms with Crippen LogP contribution in [0.25, 0.3) is 0 Å². The second-order valence-corrected chi connectivity index (χ2v) is 13.5. The van der Waals surface area contributed by atoms with Crippen LogP contribution in [-0.4, -0.2) is 50.3 Å². The van der Waals surface area contributed by atoms with Gasteiger partial charge in [-0.15, -0.1) is 0 Å². The van der Waals surface area contributed by atoms with E-state index in [0.717, 1.165) is 39.1 Å². The highest BCUT2D eigenvalue weighted by Gasteiger charge is 2.34. The maximum atomic E-state index is 14.1. The number of nitrogens with zero attached hydrogens (tertiary/aromatic N) is 2. The number of nitrogens with one attached hydrogen (secondary N) is 1. The SMILES string of the molecule is CC[C@@H](C(=O)NC1CCCCC1)N(CCc1ccccc1)C(=O)CN(c1ccc(I)cc1)S(=O)(=O)c1ccccc1. The predicted molar refractivity (Wildman–Crippen MR) is 171 cm³/mol. The summed E-state index contributed by atoms with van der Waals surface area (Å²) in [6.45, 7) is 1.77. The van der Waals surface area contributed by atoms with Gasteiger partial charge in [-0.1, -0.05) is 74.7 Å². The fourth-order valence-corrected chi connectivity index (χ4v) is 7.09. The van der Waals surface area contributed by atoms with Gasteiger partial charge in [0, 0.05) is 16.2 Å². The first-order chi connectivity index (χ1) is 19.8. The van der Waals surface area contributed by atoms with Crippen molar-refractivity contribution in [3.63, 3.8) is 0 Å². The van der Waals surface area contributed by atoms with Gasteiger partial charge < -0.3 is 10.2 Å². The van der Waals surface area contributed by atoms with Crippen LogP contribution in [0.3, 0.4) is 0 Å². The Morgan fingerprint density at radius 2 is 1.51 bits per heavy atom. The molecule has 7 nitrogen and oxygen atoms in total. The topological polar surface area (TPSA) is 86.8 Å². The minimum absolute atomic E-state index is 0.101. The third-order valence-corrected chi connectivity index (χ3v) is 10.1. The molecule has 1 fully saturated rings. The van der Waals surface area contributed by atoms with Crippen molar-refractivity contribution < 1.29 is 18.0 Å². The molecule has 1 N–H and O–H groups in total. The lowest BCUT2D eigenvalue weighted by atomic mass is 9.95. The van der Waals surface area contributed by atoms with Crippen molar-refractivity contribution in [2.75, 3.05) is 17.4 Å². The number of carbonyl (C=O) groups is 2. The number of sulfonamides is 1. The molecule has 1 atom stereocenters. The quantitative estimate of drug-likeness (QED) is 0.245. The minimum Gasteiger partial charge on any atom is -0.352 e. The average Bonchev–Trinajstić information content (AvgIpc) is 2.99. The molecule has 3 aromatic carbocycles. The Morgan fingerprint density at radius 1 is 0.902 bits per heavy atom. The molecule has 0 heterocycles. The normalized spacial score (nSPS) is 14.7. The van der Waals surface area contributed by atoms with Gasteiger partial charge in [0.25, 0.3) is 10.0 Å². The largest absolute Gasteiger partial charge is 0.352 e. The Balaban J connectivity index is 1.65. The second-order valence-electron chi connectivity index (χ2n) is 10.4. The molecule has 1 aliphatic rings. The Morgan fingerprint density at radius 3 is 2.12 bits per heavy atom. The van der Waals surface area contributed by atoms with Gasteiger partial charge in [0.15, 0.2) is 0 Å². The molecule has 41 heavy (non-hydrogen) atoms. The molecule has 218 valence electrons. The van der Waals surface area contributed by atoms with Gasteiger partial charge in [-0.05, 0) is 90.2 Å². The fourth-order valence-electron chi connectivity index (χ4n) is 5.30. The van der Waals surface area contributed by atoms with Crippen LogP contribution in [0, 0.1) is 3.57 Å². The first-order valence-corrected chi connectivity index (χ1v) is 16.8. The van der Waals surface area contributed by atoms with Crippen molar-refractivity contribution in [2.45, 2.75) is 68.8 Å². The third kappa shape index (κ3) is 8.31. The van der Waals surface area contributed by atoms with E-state index in [1.165, 1.54) is 18.6 Å². The van der Waals surface area contributed by atoms with Crippen molar-refractivity contribution in [2.24, 2.45) is 0 Å². The van der Waals surface area contributed by atoms with E-state index in [-0.39, 0.29) is 16.8 Å². The first kappa shape index (κ1) is 31.0. The molecule has 0 unspecified atom stereocenters. The zero-order chi connectivity index (χ0) is 29.2. The second kappa shape index (κ2) is 14.8. The highest BCUT2D eigenvalue weighted by molar-refractivity contribution is 14.1. The molecule has 4 rings (SSSR count). The van der Waals surface area contributed by atoms with E-state index in [1.807, 2.05) is 49.4 Å². The molecule has 1 saturated carbocycles. The summed E-state index contributed by atoms with van der Waals surface area (Å²) >= 11 is 2.16. The van der Waals surface area contributed by atoms with Gasteiger partial charge in [0.2, 0.25) is 11.8 Å². The van der Waals surface area contributed by atoms with Gasteiger partial charge in [0.05, 0.1) is 10.6 Å². The van der Waals surface area contributed by atoms with E-state index in [9.17, 15) is 18.0 Å². The average molecular weight is 688 g/mol. The summed E-state index contributed by atoms with van der Waals surface area (Å²) in [7, 11) is -4.06. The molecule has 0 bridgehead atoms. The summed E-state index contributed by atoms with van der Waals surface area (Å²) in [4.78, 5) is 29.4. The standard InChI is InChI=1S/C32H38IN3O4S/c1-2-30(32(38)34-27-14-8-4-9-15-27)35(23-22-25-12-6-3-7-13-25)31(37)24-36(28-20-18-26(33)19-21-28)41(39,40)29-16-10-5-11-17-29/h3,5-7,10-13,16-21,27,30H,2,4,8-9,14-15,22-24H2,1H3,(H,34,38)/t30-/m0/s1. The highest BCUT2D eigenvalue weighted by Crippen LogP contribution is 2.25. The van der Waals surface area contributed by atoms with Crippen LogP contribution in [0.15, 0.2) is 89.8 Å². The molecule has 0 saturated heterocycles. The van der Waals surface area contributed by atoms with Crippen molar-refractivity contribution in [3.8, 4) is 0 Å². The predicted octanol–water partition coefficient (Wildman–Crippen LogP) is 5.79. The summed E-state index contributed by atoms with van der Waals surface area (Å²) in [5, 5.41) is 3.19. The number of carbonyl (C=O) groups excluding carboxylic acids is 2. The molecule has 0 radical (unpaired) electrons. The molecule has 1 aliphatic carbocycles. The number of halogens is 1. The first-order valence-electron chi connectivity index (χ1n) is 14.3. The number of amides is 2. The number of hydrogen-bond donors (Lipinski definition) is 1. The Bertz CT molecular complexity index is 1380. The summed E-state index contributed by atoms with van der Waals surface area (Å²) < 4.78 is 29.8. The Hall–Kier alpha value is -2.92. The number of benzene rings is 3. The van der Waals surface area contributed by atoms with Gasteiger partial charge >= 0.3 is 0 Å². The molecule has 3 aromatic rings. The lowest BCUT2D eigenvalue weighted by molar-refractivity contribution is -0.140. The highest BCUT2D eigenvalue weighted by atomic mass is 127. The molecule has 0 aromatic heterocycles. The molecule has 0 aliphatic heterocycles. The van der Waals surface area contributed by atoms with E-state index in [4.69, 9.17) is 0 Å². The molecular formula is C32H38IN3O4S. The summed E-state index contributed by atoms with van der Waals surface area (Å²) in [6.07, 6.45) is 6.20. The fraction of sp³-hybridized carbons (Fsp3) is 0.375.